The van der Waals surface area contributed by atoms with Gasteiger partial charge < -0.3 is 10.6 Å². The van der Waals surface area contributed by atoms with E-state index in [0.29, 0.717) is 18.1 Å². The molecule has 1 aliphatic rings. The lowest BCUT2D eigenvalue weighted by Gasteiger charge is -2.31. The van der Waals surface area contributed by atoms with Crippen LogP contribution >= 0.6 is 0 Å². The molecule has 1 aliphatic heterocycles. The van der Waals surface area contributed by atoms with E-state index in [1.165, 1.54) is 22.5 Å². The van der Waals surface area contributed by atoms with Gasteiger partial charge in [0.1, 0.15) is 5.52 Å². The third-order valence-electron chi connectivity index (χ3n) is 6.11. The van der Waals surface area contributed by atoms with Gasteiger partial charge in [0.05, 0.1) is 23.6 Å². The van der Waals surface area contributed by atoms with Crippen LogP contribution < -0.4 is 21.8 Å². The summed E-state index contributed by atoms with van der Waals surface area (Å²) in [5.41, 5.74) is 5.99. The van der Waals surface area contributed by atoms with E-state index in [-0.39, 0.29) is 35.9 Å². The second-order valence-electron chi connectivity index (χ2n) is 8.40. The van der Waals surface area contributed by atoms with Crippen LogP contribution in [0.5, 0.6) is 0 Å². The number of para-hydroxylation sites is 1. The topological polar surface area (TPSA) is 134 Å². The summed E-state index contributed by atoms with van der Waals surface area (Å²) in [4.78, 5) is 44.2. The Bertz CT molecular complexity index is 1490. The van der Waals surface area contributed by atoms with Crippen molar-refractivity contribution in [3.8, 4) is 11.8 Å². The molecule has 0 saturated carbocycles. The Labute approximate surface area is 201 Å². The standard InChI is InChI=1S/C24H27N7O4/c1-3-4-14-29-21-20(26-24(29)28-13-8-11-18(25)16-28)22(32)27(2)30(23(21)33)15-7-10-17-9-5-6-12-19(17)31(34)35/h5-7,9-10,12,18H,8,11,13-16,25H2,1-2H3. The highest BCUT2D eigenvalue weighted by Gasteiger charge is 2.26. The first-order chi connectivity index (χ1) is 16.8. The summed E-state index contributed by atoms with van der Waals surface area (Å²) >= 11 is 0. The van der Waals surface area contributed by atoms with E-state index in [4.69, 9.17) is 5.73 Å². The number of piperidine rings is 1. The number of nitro groups is 1. The molecule has 2 aromatic heterocycles. The predicted molar refractivity (Wildman–Crippen MR) is 134 cm³/mol. The largest absolute Gasteiger partial charge is 0.341 e. The van der Waals surface area contributed by atoms with Crippen molar-refractivity contribution in [2.45, 2.75) is 38.9 Å². The molecule has 0 spiro atoms. The molecule has 1 fully saturated rings. The molecule has 0 bridgehead atoms. The van der Waals surface area contributed by atoms with E-state index in [9.17, 15) is 19.7 Å². The van der Waals surface area contributed by atoms with Crippen molar-refractivity contribution >= 4 is 28.7 Å². The van der Waals surface area contributed by atoms with E-state index in [1.807, 2.05) is 4.90 Å². The highest BCUT2D eigenvalue weighted by molar-refractivity contribution is 5.77. The van der Waals surface area contributed by atoms with Crippen LogP contribution in [0.3, 0.4) is 0 Å². The zero-order chi connectivity index (χ0) is 25.1. The average Bonchev–Trinajstić information content (AvgIpc) is 3.23. The van der Waals surface area contributed by atoms with Gasteiger partial charge in [-0.05, 0) is 25.8 Å². The lowest BCUT2D eigenvalue weighted by atomic mass is 10.1. The van der Waals surface area contributed by atoms with Crippen molar-refractivity contribution in [1.29, 1.82) is 0 Å². The number of nitro benzene ring substituents is 1. The molecule has 182 valence electrons. The molecule has 0 radical (unpaired) electrons. The van der Waals surface area contributed by atoms with Crippen molar-refractivity contribution in [3.05, 3.63) is 66.7 Å². The Balaban J connectivity index is 1.81. The van der Waals surface area contributed by atoms with Crippen LogP contribution in [-0.4, -0.2) is 43.0 Å². The summed E-state index contributed by atoms with van der Waals surface area (Å²) in [6.45, 7) is 3.27. The van der Waals surface area contributed by atoms with E-state index in [1.54, 1.807) is 41.8 Å². The third-order valence-corrected chi connectivity index (χ3v) is 6.11. The van der Waals surface area contributed by atoms with Crippen molar-refractivity contribution in [2.75, 3.05) is 18.0 Å². The maximum absolute atomic E-state index is 13.6. The van der Waals surface area contributed by atoms with Crippen LogP contribution in [0.2, 0.25) is 0 Å². The Hall–Kier alpha value is -4.17. The minimum absolute atomic E-state index is 0.0130. The third kappa shape index (κ3) is 4.61. The fourth-order valence-electron chi connectivity index (χ4n) is 4.35. The first-order valence-electron chi connectivity index (χ1n) is 11.3. The highest BCUT2D eigenvalue weighted by Crippen LogP contribution is 2.22. The zero-order valence-corrected chi connectivity index (χ0v) is 19.7. The molecular weight excluding hydrogens is 450 g/mol. The van der Waals surface area contributed by atoms with Gasteiger partial charge in [-0.25, -0.2) is 14.3 Å². The van der Waals surface area contributed by atoms with E-state index < -0.39 is 16.0 Å². The summed E-state index contributed by atoms with van der Waals surface area (Å²) in [5, 5.41) is 11.3. The quantitative estimate of drug-likeness (QED) is 0.323. The van der Waals surface area contributed by atoms with Crippen LogP contribution in [0, 0.1) is 22.0 Å². The molecule has 3 aromatic rings. The number of rotatable bonds is 6. The summed E-state index contributed by atoms with van der Waals surface area (Å²) in [7, 11) is 1.50. The maximum atomic E-state index is 13.6. The van der Waals surface area contributed by atoms with E-state index in [2.05, 4.69) is 16.8 Å². The number of imidazole rings is 1. The van der Waals surface area contributed by atoms with Crippen LogP contribution in [0.1, 0.15) is 25.3 Å². The molecule has 1 saturated heterocycles. The second kappa shape index (κ2) is 9.99. The van der Waals surface area contributed by atoms with Gasteiger partial charge in [0.15, 0.2) is 5.52 Å². The number of allylic oxidation sites excluding steroid dienone is 1. The van der Waals surface area contributed by atoms with E-state index in [0.717, 1.165) is 19.4 Å². The number of aromatic nitrogens is 4. The molecule has 1 atom stereocenters. The predicted octanol–water partition coefficient (Wildman–Crippen LogP) is 1.47. The van der Waals surface area contributed by atoms with Crippen LogP contribution in [0.25, 0.3) is 17.1 Å². The number of fused-ring (bicyclic) bond motifs is 1. The van der Waals surface area contributed by atoms with Crippen molar-refractivity contribution in [2.24, 2.45) is 12.8 Å². The molecule has 35 heavy (non-hydrogen) atoms. The van der Waals surface area contributed by atoms with Gasteiger partial charge in [-0.3, -0.25) is 24.3 Å². The number of benzene rings is 1. The van der Waals surface area contributed by atoms with Gasteiger partial charge in [-0.15, -0.1) is 5.92 Å². The number of nitrogens with two attached hydrogens (primary N) is 1. The van der Waals surface area contributed by atoms with E-state index >= 15 is 0 Å². The minimum Gasteiger partial charge on any atom is -0.341 e. The van der Waals surface area contributed by atoms with Crippen LogP contribution in [0.15, 0.2) is 39.9 Å². The molecule has 4 rings (SSSR count). The van der Waals surface area contributed by atoms with Gasteiger partial charge >= 0.3 is 0 Å². The van der Waals surface area contributed by atoms with Gasteiger partial charge in [-0.1, -0.05) is 30.2 Å². The summed E-state index contributed by atoms with van der Waals surface area (Å²) in [5.74, 6) is 6.33. The molecule has 11 nitrogen and oxygen atoms in total. The zero-order valence-electron chi connectivity index (χ0n) is 19.7. The highest BCUT2D eigenvalue weighted by atomic mass is 16.6. The number of hydrogen-bond donors (Lipinski definition) is 1. The van der Waals surface area contributed by atoms with Crippen molar-refractivity contribution in [3.63, 3.8) is 0 Å². The molecule has 1 aromatic carbocycles. The average molecular weight is 478 g/mol. The maximum Gasteiger partial charge on any atom is 0.293 e. The fraction of sp³-hybridized carbons (Fsp3) is 0.375. The first-order valence-corrected chi connectivity index (χ1v) is 11.3. The van der Waals surface area contributed by atoms with Gasteiger partial charge in [0, 0.05) is 32.2 Å². The number of anilines is 1. The SMILES string of the molecule is CC#CCn1c(N2CCCC(N)C2)nc2c(=O)n(C)n(CC=Cc3ccccc3[N+](=O)[O-])c(=O)c21. The molecule has 0 aliphatic carbocycles. The summed E-state index contributed by atoms with van der Waals surface area (Å²) < 4.78 is 4.21. The lowest BCUT2D eigenvalue weighted by Crippen LogP contribution is -2.44. The number of hydrogen-bond acceptors (Lipinski definition) is 7. The van der Waals surface area contributed by atoms with Crippen LogP contribution in [0.4, 0.5) is 11.6 Å². The Morgan fingerprint density at radius 3 is 2.77 bits per heavy atom. The van der Waals surface area contributed by atoms with Gasteiger partial charge in [0.25, 0.3) is 16.8 Å². The number of nitrogens with zero attached hydrogens (tertiary/aromatic N) is 6. The smallest absolute Gasteiger partial charge is 0.293 e. The summed E-state index contributed by atoms with van der Waals surface area (Å²) in [6, 6.07) is 6.30. The Morgan fingerprint density at radius 1 is 1.29 bits per heavy atom. The molecule has 11 heteroatoms. The first kappa shape index (κ1) is 24.0. The summed E-state index contributed by atoms with van der Waals surface area (Å²) in [6.07, 6.45) is 4.99. The molecular formula is C24H27N7O4. The normalized spacial score (nSPS) is 16.0. The lowest BCUT2D eigenvalue weighted by molar-refractivity contribution is -0.385. The Kier molecular flexibility index (Phi) is 6.84. The van der Waals surface area contributed by atoms with Gasteiger partial charge in [0.2, 0.25) is 5.95 Å². The molecule has 1 unspecified atom stereocenters. The molecule has 0 amide bonds. The molecule has 2 N–H and O–H groups in total. The van der Waals surface area contributed by atoms with Gasteiger partial charge in [-0.2, -0.15) is 0 Å². The van der Waals surface area contributed by atoms with Crippen molar-refractivity contribution < 1.29 is 4.92 Å². The van der Waals surface area contributed by atoms with Crippen molar-refractivity contribution in [1.82, 2.24) is 18.9 Å². The minimum atomic E-state index is -0.463. The van der Waals surface area contributed by atoms with Crippen LogP contribution in [-0.2, 0) is 20.1 Å². The monoisotopic (exact) mass is 477 g/mol. The Morgan fingerprint density at radius 2 is 2.06 bits per heavy atom. The fourth-order valence-corrected chi connectivity index (χ4v) is 4.35. The molecule has 3 heterocycles. The second-order valence-corrected chi connectivity index (χ2v) is 8.40.